The Morgan fingerprint density at radius 1 is 1.18 bits per heavy atom. The molecule has 0 bridgehead atoms. The van der Waals surface area contributed by atoms with Crippen LogP contribution in [0.5, 0.6) is 5.75 Å². The first-order valence-electron chi connectivity index (χ1n) is 11.2. The molecule has 0 saturated carbocycles. The average molecular weight is 449 g/mol. The number of fused-ring (bicyclic) bond motifs is 1. The summed E-state index contributed by atoms with van der Waals surface area (Å²) in [6.45, 7) is 6.70. The average Bonchev–Trinajstić information content (AvgIpc) is 3.46. The van der Waals surface area contributed by atoms with Gasteiger partial charge in [0.2, 0.25) is 0 Å². The van der Waals surface area contributed by atoms with Crippen LogP contribution in [-0.4, -0.2) is 35.6 Å². The van der Waals surface area contributed by atoms with E-state index in [1.807, 2.05) is 50.4 Å². The first kappa shape index (κ1) is 22.5. The van der Waals surface area contributed by atoms with Gasteiger partial charge in [0, 0.05) is 31.0 Å². The number of aryl methyl sites for hydroxylation is 1. The largest absolute Gasteiger partial charge is 0.493 e. The molecule has 0 saturated heterocycles. The molecule has 8 heteroatoms. The van der Waals surface area contributed by atoms with Crippen molar-refractivity contribution in [1.29, 1.82) is 0 Å². The summed E-state index contributed by atoms with van der Waals surface area (Å²) in [5.74, 6) is 1.26. The van der Waals surface area contributed by atoms with Crippen LogP contribution in [0.25, 0.3) is 22.6 Å². The fourth-order valence-electron chi connectivity index (χ4n) is 3.52. The Balaban J connectivity index is 1.39. The molecule has 0 fully saturated rings. The van der Waals surface area contributed by atoms with Gasteiger partial charge in [-0.2, -0.15) is 0 Å². The van der Waals surface area contributed by atoms with Gasteiger partial charge < -0.3 is 24.2 Å². The lowest BCUT2D eigenvalue weighted by Crippen LogP contribution is -2.24. The number of carbonyl (C=O) groups is 1. The first-order chi connectivity index (χ1) is 16.2. The van der Waals surface area contributed by atoms with Crippen LogP contribution >= 0.6 is 0 Å². The molecule has 3 heterocycles. The molecular weight excluding hydrogens is 420 g/mol. The normalized spacial score (nSPS) is 11.1. The van der Waals surface area contributed by atoms with Gasteiger partial charge in [0.1, 0.15) is 17.6 Å². The Hall–Kier alpha value is -3.65. The van der Waals surface area contributed by atoms with Crippen LogP contribution in [-0.2, 0) is 6.54 Å². The zero-order valence-corrected chi connectivity index (χ0v) is 18.9. The van der Waals surface area contributed by atoms with Crippen molar-refractivity contribution in [3.8, 4) is 17.4 Å². The second kappa shape index (κ2) is 10.8. The molecule has 0 radical (unpaired) electrons. The third-order valence-corrected chi connectivity index (χ3v) is 5.19. The molecular formula is C25H28N4O4. The molecule has 0 atom stereocenters. The van der Waals surface area contributed by atoms with Crippen LogP contribution in [0.1, 0.15) is 41.4 Å². The molecule has 1 aromatic carbocycles. The predicted octanol–water partition coefficient (Wildman–Crippen LogP) is 4.49. The number of oxazole rings is 1. The lowest BCUT2D eigenvalue weighted by molar-refractivity contribution is 0.0948. The number of nitrogens with one attached hydrogen (secondary N) is 2. The van der Waals surface area contributed by atoms with Gasteiger partial charge in [-0.25, -0.2) is 4.98 Å². The maximum absolute atomic E-state index is 12.1. The van der Waals surface area contributed by atoms with E-state index in [4.69, 9.17) is 13.6 Å². The van der Waals surface area contributed by atoms with Crippen LogP contribution in [0, 0.1) is 6.92 Å². The minimum Gasteiger partial charge on any atom is -0.493 e. The summed E-state index contributed by atoms with van der Waals surface area (Å²) in [6.07, 6.45) is 6.69. The lowest BCUT2D eigenvalue weighted by Gasteiger charge is -2.08. The Morgan fingerprint density at radius 2 is 2.09 bits per heavy atom. The summed E-state index contributed by atoms with van der Waals surface area (Å²) in [4.78, 5) is 20.6. The van der Waals surface area contributed by atoms with E-state index < -0.39 is 0 Å². The minimum absolute atomic E-state index is 0.230. The Bertz CT molecular complexity index is 1200. The first-order valence-corrected chi connectivity index (χ1v) is 11.2. The number of hydrogen-bond donors (Lipinski definition) is 2. The molecule has 172 valence electrons. The highest BCUT2D eigenvalue weighted by molar-refractivity contribution is 5.94. The van der Waals surface area contributed by atoms with E-state index in [1.54, 1.807) is 6.20 Å². The van der Waals surface area contributed by atoms with Gasteiger partial charge in [0.05, 0.1) is 12.0 Å². The van der Waals surface area contributed by atoms with Gasteiger partial charge in [-0.1, -0.05) is 19.1 Å². The number of hydrogen-bond acceptors (Lipinski definition) is 7. The number of carbonyl (C=O) groups excluding carboxylic acids is 1. The van der Waals surface area contributed by atoms with Crippen molar-refractivity contribution >= 4 is 16.9 Å². The molecule has 0 aliphatic carbocycles. The molecule has 8 nitrogen and oxygen atoms in total. The maximum Gasteiger partial charge on any atom is 0.273 e. The number of rotatable bonds is 11. The van der Waals surface area contributed by atoms with Crippen molar-refractivity contribution in [3.05, 3.63) is 65.8 Å². The molecule has 4 rings (SSSR count). The van der Waals surface area contributed by atoms with Crippen molar-refractivity contribution in [1.82, 2.24) is 20.6 Å². The summed E-state index contributed by atoms with van der Waals surface area (Å²) in [6, 6.07) is 9.68. The van der Waals surface area contributed by atoms with Crippen molar-refractivity contribution in [2.45, 2.75) is 33.2 Å². The molecule has 3 aromatic heterocycles. The number of furan rings is 1. The highest BCUT2D eigenvalue weighted by Crippen LogP contribution is 2.37. The minimum atomic E-state index is -0.262. The van der Waals surface area contributed by atoms with Crippen LogP contribution < -0.4 is 15.4 Å². The molecule has 1 amide bonds. The second-order valence-corrected chi connectivity index (χ2v) is 7.72. The van der Waals surface area contributed by atoms with Crippen molar-refractivity contribution in [2.24, 2.45) is 0 Å². The summed E-state index contributed by atoms with van der Waals surface area (Å²) in [5, 5.41) is 7.07. The van der Waals surface area contributed by atoms with Gasteiger partial charge in [-0.15, -0.1) is 0 Å². The smallest absolute Gasteiger partial charge is 0.273 e. The Labute approximate surface area is 192 Å². The van der Waals surface area contributed by atoms with E-state index in [1.165, 1.54) is 6.26 Å². The van der Waals surface area contributed by atoms with Gasteiger partial charge >= 0.3 is 0 Å². The van der Waals surface area contributed by atoms with Gasteiger partial charge in [0.15, 0.2) is 11.5 Å². The monoisotopic (exact) mass is 448 g/mol. The van der Waals surface area contributed by atoms with E-state index in [0.717, 1.165) is 48.2 Å². The molecule has 2 N–H and O–H groups in total. The highest BCUT2D eigenvalue weighted by atomic mass is 16.5. The molecule has 0 aliphatic heterocycles. The molecule has 0 aliphatic rings. The third-order valence-electron chi connectivity index (χ3n) is 5.19. The number of benzene rings is 1. The summed E-state index contributed by atoms with van der Waals surface area (Å²) >= 11 is 0. The van der Waals surface area contributed by atoms with E-state index in [0.29, 0.717) is 24.5 Å². The zero-order valence-electron chi connectivity index (χ0n) is 18.9. The lowest BCUT2D eigenvalue weighted by atomic mass is 10.1. The third kappa shape index (κ3) is 5.40. The van der Waals surface area contributed by atoms with E-state index >= 15 is 0 Å². The Morgan fingerprint density at radius 3 is 2.91 bits per heavy atom. The number of nitrogens with zero attached hydrogens (tertiary/aromatic N) is 2. The Kier molecular flexibility index (Phi) is 7.36. The van der Waals surface area contributed by atoms with Crippen LogP contribution in [0.2, 0.25) is 0 Å². The predicted molar refractivity (Wildman–Crippen MR) is 125 cm³/mol. The number of amides is 1. The number of ether oxygens (including phenoxy) is 1. The summed E-state index contributed by atoms with van der Waals surface area (Å²) in [5.41, 5.74) is 2.93. The SMILES string of the molecule is CCCNC(=O)c1coc(-c2oc3cccc(OCCCNCc4cccnc4)c3c2C)n1. The van der Waals surface area contributed by atoms with Crippen LogP contribution in [0.3, 0.4) is 0 Å². The van der Waals surface area contributed by atoms with Crippen molar-refractivity contribution < 1.29 is 18.4 Å². The molecule has 0 unspecified atom stereocenters. The second-order valence-electron chi connectivity index (χ2n) is 7.72. The maximum atomic E-state index is 12.1. The summed E-state index contributed by atoms with van der Waals surface area (Å²) < 4.78 is 17.6. The van der Waals surface area contributed by atoms with Crippen LogP contribution in [0.15, 0.2) is 57.8 Å². The van der Waals surface area contributed by atoms with E-state index in [2.05, 4.69) is 20.6 Å². The van der Waals surface area contributed by atoms with Crippen molar-refractivity contribution in [3.63, 3.8) is 0 Å². The van der Waals surface area contributed by atoms with E-state index in [-0.39, 0.29) is 17.5 Å². The van der Waals surface area contributed by atoms with Gasteiger partial charge in [-0.05, 0) is 50.1 Å². The van der Waals surface area contributed by atoms with Crippen LogP contribution in [0.4, 0.5) is 0 Å². The molecule has 33 heavy (non-hydrogen) atoms. The fraction of sp³-hybridized carbons (Fsp3) is 0.320. The molecule has 4 aromatic rings. The number of pyridine rings is 1. The summed E-state index contributed by atoms with van der Waals surface area (Å²) in [7, 11) is 0. The van der Waals surface area contributed by atoms with Crippen molar-refractivity contribution in [2.75, 3.05) is 19.7 Å². The highest BCUT2D eigenvalue weighted by Gasteiger charge is 2.21. The van der Waals surface area contributed by atoms with Gasteiger partial charge in [0.25, 0.3) is 11.8 Å². The standard InChI is InChI=1S/C25H28N4O4/c1-3-10-28-24(30)19-16-32-25(29-19)23-17(2)22-20(8-4-9-21(22)33-23)31-13-6-12-27-15-18-7-5-11-26-14-18/h4-5,7-9,11,14,16,27H,3,6,10,12-13,15H2,1-2H3,(H,28,30). The number of aromatic nitrogens is 2. The fourth-order valence-corrected chi connectivity index (χ4v) is 3.52. The molecule has 0 spiro atoms. The quantitative estimate of drug-likeness (QED) is 0.326. The van der Waals surface area contributed by atoms with Gasteiger partial charge in [-0.3, -0.25) is 9.78 Å². The topological polar surface area (TPSA) is 102 Å². The van der Waals surface area contributed by atoms with E-state index in [9.17, 15) is 4.79 Å². The zero-order chi connectivity index (χ0) is 23.0.